The maximum Gasteiger partial charge on any atom is 0.228 e. The second-order valence-electron chi connectivity index (χ2n) is 5.20. The van der Waals surface area contributed by atoms with Crippen molar-refractivity contribution in [2.75, 3.05) is 5.32 Å². The molecule has 1 aromatic rings. The average Bonchev–Trinajstić information content (AvgIpc) is 2.60. The molecule has 4 nitrogen and oxygen atoms in total. The molecule has 0 saturated heterocycles. The van der Waals surface area contributed by atoms with Gasteiger partial charge in [-0.25, -0.2) is 4.98 Å². The Balaban J connectivity index is 3.03. The molecule has 0 aliphatic carbocycles. The van der Waals surface area contributed by atoms with Crippen LogP contribution in [-0.4, -0.2) is 10.9 Å². The Morgan fingerprint density at radius 2 is 2.06 bits per heavy atom. The molecule has 0 aromatic carbocycles. The van der Waals surface area contributed by atoms with Gasteiger partial charge in [-0.3, -0.25) is 4.79 Å². The molecule has 1 N–H and O–H groups in total. The van der Waals surface area contributed by atoms with Gasteiger partial charge in [0.15, 0.2) is 5.13 Å². The summed E-state index contributed by atoms with van der Waals surface area (Å²) in [5.74, 6) is -0.175. The van der Waals surface area contributed by atoms with E-state index in [-0.39, 0.29) is 17.2 Å². The third-order valence-electron chi connectivity index (χ3n) is 2.19. The number of hydrogen-bond donors (Lipinski definition) is 1. The average molecular weight is 251 g/mol. The lowest BCUT2D eigenvalue weighted by Crippen LogP contribution is -2.18. The summed E-state index contributed by atoms with van der Waals surface area (Å²) in [4.78, 5) is 16.4. The van der Waals surface area contributed by atoms with Gasteiger partial charge in [0.05, 0.1) is 5.69 Å². The summed E-state index contributed by atoms with van der Waals surface area (Å²) >= 11 is 1.23. The molecule has 0 fully saturated rings. The largest absolute Gasteiger partial charge is 0.302 e. The van der Waals surface area contributed by atoms with E-state index >= 15 is 0 Å². The molecular weight excluding hydrogens is 234 g/mol. The number of anilines is 1. The molecule has 0 atom stereocenters. The summed E-state index contributed by atoms with van der Waals surface area (Å²) in [5.41, 5.74) is 0.548. The lowest BCUT2D eigenvalue weighted by atomic mass is 9.91. The van der Waals surface area contributed by atoms with Crippen molar-refractivity contribution in [2.45, 2.75) is 40.0 Å². The highest BCUT2D eigenvalue weighted by atomic mass is 32.1. The number of hydrogen-bond acceptors (Lipinski definition) is 4. The van der Waals surface area contributed by atoms with Crippen LogP contribution in [-0.2, 0) is 10.2 Å². The van der Waals surface area contributed by atoms with Crippen molar-refractivity contribution in [2.24, 2.45) is 5.92 Å². The van der Waals surface area contributed by atoms with E-state index in [2.05, 4.69) is 16.4 Å². The molecular formula is C12H17N3OS. The minimum Gasteiger partial charge on any atom is -0.302 e. The van der Waals surface area contributed by atoms with Crippen molar-refractivity contribution in [3.8, 4) is 6.07 Å². The summed E-state index contributed by atoms with van der Waals surface area (Å²) < 4.78 is 0. The third-order valence-corrected chi connectivity index (χ3v) is 3.07. The van der Waals surface area contributed by atoms with Gasteiger partial charge in [0.2, 0.25) is 5.91 Å². The standard InChI is InChI=1S/C12H17N3OS/c1-7(2)10(16)15-11-14-9(12(3,4)5)8(6-13)17-11/h7H,1-5H3,(H,14,15,16). The summed E-state index contributed by atoms with van der Waals surface area (Å²) in [6.45, 7) is 9.63. The number of carbonyl (C=O) groups excluding carboxylic acids is 1. The fourth-order valence-corrected chi connectivity index (χ4v) is 2.18. The van der Waals surface area contributed by atoms with E-state index in [0.717, 1.165) is 5.69 Å². The molecule has 1 rings (SSSR count). The second kappa shape index (κ2) is 4.84. The fourth-order valence-electron chi connectivity index (χ4n) is 1.21. The van der Waals surface area contributed by atoms with Gasteiger partial charge in [0.1, 0.15) is 10.9 Å². The van der Waals surface area contributed by atoms with Crippen LogP contribution < -0.4 is 5.32 Å². The van der Waals surface area contributed by atoms with Gasteiger partial charge in [-0.05, 0) is 0 Å². The highest BCUT2D eigenvalue weighted by Gasteiger charge is 2.24. The van der Waals surface area contributed by atoms with Gasteiger partial charge < -0.3 is 5.32 Å². The third kappa shape index (κ3) is 3.27. The zero-order chi connectivity index (χ0) is 13.2. The normalized spacial score (nSPS) is 11.4. The molecule has 17 heavy (non-hydrogen) atoms. The number of amides is 1. The van der Waals surface area contributed by atoms with E-state index < -0.39 is 0 Å². The quantitative estimate of drug-likeness (QED) is 0.878. The smallest absolute Gasteiger partial charge is 0.228 e. The molecule has 0 unspecified atom stereocenters. The van der Waals surface area contributed by atoms with Crippen LogP contribution in [0.4, 0.5) is 5.13 Å². The molecule has 92 valence electrons. The first kappa shape index (κ1) is 13.7. The van der Waals surface area contributed by atoms with Gasteiger partial charge in [-0.2, -0.15) is 5.26 Å². The van der Waals surface area contributed by atoms with E-state index in [1.165, 1.54) is 11.3 Å². The number of carbonyl (C=O) groups is 1. The first-order chi connectivity index (χ1) is 7.75. The molecule has 1 aromatic heterocycles. The minimum atomic E-state index is -0.192. The first-order valence-corrected chi connectivity index (χ1v) is 6.29. The predicted octanol–water partition coefficient (Wildman–Crippen LogP) is 2.91. The minimum absolute atomic E-state index is 0.0799. The molecule has 0 spiro atoms. The Hall–Kier alpha value is -1.41. The van der Waals surface area contributed by atoms with Crippen LogP contribution in [0.15, 0.2) is 0 Å². The topological polar surface area (TPSA) is 65.8 Å². The summed E-state index contributed by atoms with van der Waals surface area (Å²) in [5, 5.41) is 12.3. The molecule has 0 radical (unpaired) electrons. The van der Waals surface area contributed by atoms with Gasteiger partial charge >= 0.3 is 0 Å². The zero-order valence-electron chi connectivity index (χ0n) is 10.8. The molecule has 5 heteroatoms. The van der Waals surface area contributed by atoms with E-state index in [0.29, 0.717) is 10.0 Å². The van der Waals surface area contributed by atoms with Gasteiger partial charge in [-0.15, -0.1) is 0 Å². The Labute approximate surface area is 106 Å². The van der Waals surface area contributed by atoms with Crippen LogP contribution in [0.2, 0.25) is 0 Å². The summed E-state index contributed by atoms with van der Waals surface area (Å²) in [7, 11) is 0. The molecule has 0 saturated carbocycles. The number of thiazole rings is 1. The number of nitrogens with one attached hydrogen (secondary N) is 1. The van der Waals surface area contributed by atoms with Crippen molar-refractivity contribution < 1.29 is 4.79 Å². The molecule has 0 bridgehead atoms. The van der Waals surface area contributed by atoms with E-state index in [1.807, 2.05) is 34.6 Å². The Bertz CT molecular complexity index is 463. The zero-order valence-corrected chi connectivity index (χ0v) is 11.6. The van der Waals surface area contributed by atoms with Crippen molar-refractivity contribution in [1.82, 2.24) is 4.98 Å². The van der Waals surface area contributed by atoms with Crippen molar-refractivity contribution in [3.63, 3.8) is 0 Å². The lowest BCUT2D eigenvalue weighted by Gasteiger charge is -2.15. The number of aromatic nitrogens is 1. The fraction of sp³-hybridized carbons (Fsp3) is 0.583. The van der Waals surface area contributed by atoms with Gasteiger partial charge in [-0.1, -0.05) is 46.0 Å². The van der Waals surface area contributed by atoms with Crippen LogP contribution in [0.1, 0.15) is 45.2 Å². The highest BCUT2D eigenvalue weighted by molar-refractivity contribution is 7.16. The van der Waals surface area contributed by atoms with E-state index in [1.54, 1.807) is 0 Å². The maximum absolute atomic E-state index is 11.5. The number of nitriles is 1. The van der Waals surface area contributed by atoms with Crippen molar-refractivity contribution >= 4 is 22.4 Å². The van der Waals surface area contributed by atoms with Crippen molar-refractivity contribution in [3.05, 3.63) is 10.6 Å². The molecule has 1 amide bonds. The summed E-state index contributed by atoms with van der Waals surface area (Å²) in [6, 6.07) is 2.13. The lowest BCUT2D eigenvalue weighted by molar-refractivity contribution is -0.118. The van der Waals surface area contributed by atoms with Crippen LogP contribution >= 0.6 is 11.3 Å². The number of nitrogens with zero attached hydrogens (tertiary/aromatic N) is 2. The van der Waals surface area contributed by atoms with Crippen LogP contribution in [0.3, 0.4) is 0 Å². The SMILES string of the molecule is CC(C)C(=O)Nc1nc(C(C)(C)C)c(C#N)s1. The highest BCUT2D eigenvalue weighted by Crippen LogP contribution is 2.31. The molecule has 0 aliphatic rings. The van der Waals surface area contributed by atoms with Gasteiger partial charge in [0.25, 0.3) is 0 Å². The molecule has 1 heterocycles. The Morgan fingerprint density at radius 3 is 2.41 bits per heavy atom. The van der Waals surface area contributed by atoms with Crippen LogP contribution in [0, 0.1) is 17.2 Å². The Morgan fingerprint density at radius 1 is 1.47 bits per heavy atom. The molecule has 0 aliphatic heterocycles. The van der Waals surface area contributed by atoms with Gasteiger partial charge in [0, 0.05) is 11.3 Å². The summed E-state index contributed by atoms with van der Waals surface area (Å²) in [6.07, 6.45) is 0. The van der Waals surface area contributed by atoms with Crippen LogP contribution in [0.5, 0.6) is 0 Å². The van der Waals surface area contributed by atoms with Crippen molar-refractivity contribution in [1.29, 1.82) is 5.26 Å². The monoisotopic (exact) mass is 251 g/mol. The van der Waals surface area contributed by atoms with E-state index in [9.17, 15) is 4.79 Å². The van der Waals surface area contributed by atoms with E-state index in [4.69, 9.17) is 5.26 Å². The first-order valence-electron chi connectivity index (χ1n) is 5.48. The Kier molecular flexibility index (Phi) is 3.89. The van der Waals surface area contributed by atoms with Crippen LogP contribution in [0.25, 0.3) is 0 Å². The second-order valence-corrected chi connectivity index (χ2v) is 6.20. The predicted molar refractivity (Wildman–Crippen MR) is 69.0 cm³/mol. The number of rotatable bonds is 2. The maximum atomic E-state index is 11.5.